The first-order valence-electron chi connectivity index (χ1n) is 8.58. The van der Waals surface area contributed by atoms with Gasteiger partial charge in [0.05, 0.1) is 16.9 Å². The monoisotopic (exact) mass is 380 g/mol. The number of benzene rings is 2. The molecule has 0 bridgehead atoms. The van der Waals surface area contributed by atoms with Crippen molar-refractivity contribution < 1.29 is 19.5 Å². The van der Waals surface area contributed by atoms with E-state index in [2.05, 4.69) is 22.5 Å². The summed E-state index contributed by atoms with van der Waals surface area (Å²) in [5, 5.41) is 18.3. The van der Waals surface area contributed by atoms with Crippen LogP contribution in [-0.4, -0.2) is 42.5 Å². The molecule has 2 aromatic carbocycles. The van der Waals surface area contributed by atoms with Gasteiger partial charge in [-0.2, -0.15) is 0 Å². The quantitative estimate of drug-likeness (QED) is 0.477. The highest BCUT2D eigenvalue weighted by Crippen LogP contribution is 2.27. The molecule has 3 amide bonds. The van der Waals surface area contributed by atoms with Gasteiger partial charge < -0.3 is 26.0 Å². The third-order valence-electron chi connectivity index (χ3n) is 4.39. The first kappa shape index (κ1) is 19.0. The van der Waals surface area contributed by atoms with Crippen LogP contribution in [0.25, 0.3) is 0 Å². The zero-order valence-electron chi connectivity index (χ0n) is 15.2. The minimum Gasteiger partial charge on any atom is -0.507 e. The molecular weight excluding hydrogens is 360 g/mol. The van der Waals surface area contributed by atoms with Crippen LogP contribution in [0, 0.1) is 0 Å². The number of amides is 3. The Labute approximate surface area is 161 Å². The number of phenols is 1. The molecule has 1 heterocycles. The lowest BCUT2D eigenvalue weighted by molar-refractivity contribution is -0.119. The molecule has 28 heavy (non-hydrogen) atoms. The van der Waals surface area contributed by atoms with Gasteiger partial charge in [-0.25, -0.2) is 0 Å². The number of phenolic OH excluding ortho intramolecular Hbond substituents is 1. The van der Waals surface area contributed by atoms with Gasteiger partial charge in [-0.3, -0.25) is 14.4 Å². The average molecular weight is 380 g/mol. The van der Waals surface area contributed by atoms with E-state index in [1.54, 1.807) is 7.05 Å². The highest BCUT2D eigenvalue weighted by Gasteiger charge is 2.29. The zero-order valence-corrected chi connectivity index (χ0v) is 15.2. The molecule has 0 aliphatic carbocycles. The van der Waals surface area contributed by atoms with Gasteiger partial charge in [-0.05, 0) is 36.4 Å². The highest BCUT2D eigenvalue weighted by atomic mass is 16.3. The summed E-state index contributed by atoms with van der Waals surface area (Å²) in [6.45, 7) is 3.55. The van der Waals surface area contributed by atoms with E-state index in [4.69, 9.17) is 0 Å². The van der Waals surface area contributed by atoms with Gasteiger partial charge in [0.15, 0.2) is 0 Å². The van der Waals surface area contributed by atoms with Crippen molar-refractivity contribution >= 4 is 34.8 Å². The molecule has 0 unspecified atom stereocenters. The minimum atomic E-state index is -0.837. The van der Waals surface area contributed by atoms with Crippen molar-refractivity contribution in [2.75, 3.05) is 29.1 Å². The van der Waals surface area contributed by atoms with E-state index in [0.717, 1.165) is 11.8 Å². The Kier molecular flexibility index (Phi) is 5.30. The Bertz CT molecular complexity index is 957. The van der Waals surface area contributed by atoms with E-state index in [-0.39, 0.29) is 23.8 Å². The van der Waals surface area contributed by atoms with Crippen LogP contribution >= 0.6 is 0 Å². The van der Waals surface area contributed by atoms with Gasteiger partial charge >= 0.3 is 0 Å². The first-order valence-corrected chi connectivity index (χ1v) is 8.58. The summed E-state index contributed by atoms with van der Waals surface area (Å²) in [6.07, 6.45) is 1.09. The van der Waals surface area contributed by atoms with Crippen molar-refractivity contribution in [1.82, 2.24) is 5.32 Å². The number of anilines is 3. The Balaban J connectivity index is 1.79. The average Bonchev–Trinajstić information content (AvgIpc) is 2.81. The molecule has 0 saturated heterocycles. The molecule has 8 heteroatoms. The van der Waals surface area contributed by atoms with E-state index in [9.17, 15) is 19.5 Å². The van der Waals surface area contributed by atoms with Gasteiger partial charge in [-0.1, -0.05) is 18.7 Å². The SMILES string of the molecule is C=CC(=O)Nc1ccc(O)c(C(=O)N[C@H]2CNc3ccccc3N(C)C2=O)c1. The Morgan fingerprint density at radius 1 is 1.29 bits per heavy atom. The van der Waals surface area contributed by atoms with E-state index in [1.807, 2.05) is 24.3 Å². The predicted molar refractivity (Wildman–Crippen MR) is 107 cm³/mol. The summed E-state index contributed by atoms with van der Waals surface area (Å²) >= 11 is 0. The molecule has 3 rings (SSSR count). The summed E-state index contributed by atoms with van der Waals surface area (Å²) in [5.74, 6) is -1.63. The molecule has 0 spiro atoms. The fourth-order valence-electron chi connectivity index (χ4n) is 2.91. The normalized spacial score (nSPS) is 15.7. The van der Waals surface area contributed by atoms with Crippen LogP contribution in [0.4, 0.5) is 17.1 Å². The number of nitrogens with zero attached hydrogens (tertiary/aromatic N) is 1. The molecule has 0 saturated carbocycles. The number of carbonyl (C=O) groups is 3. The summed E-state index contributed by atoms with van der Waals surface area (Å²) < 4.78 is 0. The number of fused-ring (bicyclic) bond motifs is 1. The number of nitrogens with one attached hydrogen (secondary N) is 3. The highest BCUT2D eigenvalue weighted by molar-refractivity contribution is 6.06. The Morgan fingerprint density at radius 3 is 2.79 bits per heavy atom. The lowest BCUT2D eigenvalue weighted by atomic mass is 10.1. The standard InChI is InChI=1S/C20H20N4O4/c1-3-18(26)22-12-8-9-17(25)13(10-12)19(27)23-15-11-21-14-6-4-5-7-16(14)24(2)20(15)28/h3-10,15,21,25H,1,11H2,2H3,(H,22,26)(H,23,27)/t15-/m0/s1. The Morgan fingerprint density at radius 2 is 2.04 bits per heavy atom. The number of rotatable bonds is 4. The lowest BCUT2D eigenvalue weighted by Crippen LogP contribution is -2.49. The Hall–Kier alpha value is -3.81. The van der Waals surface area contributed by atoms with Gasteiger partial charge in [0.2, 0.25) is 5.91 Å². The molecule has 144 valence electrons. The summed E-state index contributed by atoms with van der Waals surface area (Å²) in [7, 11) is 1.64. The number of aromatic hydroxyl groups is 1. The second-order valence-corrected chi connectivity index (χ2v) is 6.25. The van der Waals surface area contributed by atoms with Crippen LogP contribution in [-0.2, 0) is 9.59 Å². The first-order chi connectivity index (χ1) is 13.4. The minimum absolute atomic E-state index is 0.0564. The van der Waals surface area contributed by atoms with Crippen molar-refractivity contribution in [3.05, 3.63) is 60.7 Å². The molecule has 0 radical (unpaired) electrons. The van der Waals surface area contributed by atoms with E-state index >= 15 is 0 Å². The summed E-state index contributed by atoms with van der Waals surface area (Å²) in [4.78, 5) is 38.3. The topological polar surface area (TPSA) is 111 Å². The number of hydrogen-bond acceptors (Lipinski definition) is 5. The molecule has 1 atom stereocenters. The fraction of sp³-hybridized carbons (Fsp3) is 0.150. The smallest absolute Gasteiger partial charge is 0.255 e. The van der Waals surface area contributed by atoms with Crippen LogP contribution in [0.15, 0.2) is 55.1 Å². The zero-order chi connectivity index (χ0) is 20.3. The van der Waals surface area contributed by atoms with Crippen molar-refractivity contribution in [2.45, 2.75) is 6.04 Å². The number of hydrogen-bond donors (Lipinski definition) is 4. The van der Waals surface area contributed by atoms with Crippen LogP contribution in [0.2, 0.25) is 0 Å². The largest absolute Gasteiger partial charge is 0.507 e. The third kappa shape index (κ3) is 3.80. The van der Waals surface area contributed by atoms with Crippen molar-refractivity contribution in [3.8, 4) is 5.75 Å². The van der Waals surface area contributed by atoms with E-state index in [0.29, 0.717) is 11.4 Å². The van der Waals surface area contributed by atoms with Crippen LogP contribution in [0.1, 0.15) is 10.4 Å². The van der Waals surface area contributed by atoms with Crippen LogP contribution in [0.5, 0.6) is 5.75 Å². The molecule has 0 aromatic heterocycles. The molecule has 1 aliphatic heterocycles. The van der Waals surface area contributed by atoms with Crippen molar-refractivity contribution in [1.29, 1.82) is 0 Å². The number of carbonyl (C=O) groups excluding carboxylic acids is 3. The maximum atomic E-state index is 12.8. The molecule has 0 fully saturated rings. The molecular formula is C20H20N4O4. The van der Waals surface area contributed by atoms with Gasteiger partial charge in [-0.15, -0.1) is 0 Å². The summed E-state index contributed by atoms with van der Waals surface area (Å²) in [6, 6.07) is 10.6. The van der Waals surface area contributed by atoms with Crippen molar-refractivity contribution in [3.63, 3.8) is 0 Å². The molecule has 4 N–H and O–H groups in total. The number of para-hydroxylation sites is 2. The fourth-order valence-corrected chi connectivity index (χ4v) is 2.91. The molecule has 1 aliphatic rings. The second-order valence-electron chi connectivity index (χ2n) is 6.25. The predicted octanol–water partition coefficient (Wildman–Crippen LogP) is 1.70. The van der Waals surface area contributed by atoms with E-state index in [1.165, 1.54) is 23.1 Å². The third-order valence-corrected chi connectivity index (χ3v) is 4.39. The van der Waals surface area contributed by atoms with Crippen LogP contribution in [0.3, 0.4) is 0 Å². The van der Waals surface area contributed by atoms with Crippen molar-refractivity contribution in [2.24, 2.45) is 0 Å². The van der Waals surface area contributed by atoms with Crippen LogP contribution < -0.4 is 20.9 Å². The lowest BCUT2D eigenvalue weighted by Gasteiger charge is -2.21. The molecule has 2 aromatic rings. The summed E-state index contributed by atoms with van der Waals surface area (Å²) in [5.41, 5.74) is 1.76. The van der Waals surface area contributed by atoms with E-state index < -0.39 is 17.9 Å². The second kappa shape index (κ2) is 7.83. The number of likely N-dealkylation sites (N-methyl/N-ethyl adjacent to an activating group) is 1. The van der Waals surface area contributed by atoms with Gasteiger partial charge in [0, 0.05) is 19.3 Å². The van der Waals surface area contributed by atoms with Gasteiger partial charge in [0.25, 0.3) is 11.8 Å². The maximum Gasteiger partial charge on any atom is 0.255 e. The maximum absolute atomic E-state index is 12.8. The van der Waals surface area contributed by atoms with Gasteiger partial charge in [0.1, 0.15) is 11.8 Å². The molecule has 8 nitrogen and oxygen atoms in total.